The summed E-state index contributed by atoms with van der Waals surface area (Å²) in [6, 6.07) is 9.41. The molecule has 2 amide bonds. The topological polar surface area (TPSA) is 113 Å². The second-order valence-corrected chi connectivity index (χ2v) is 9.05. The van der Waals surface area contributed by atoms with Crippen LogP contribution in [-0.4, -0.2) is 77.3 Å². The molecule has 5 heterocycles. The largest absolute Gasteiger partial charge is 0.481 e. The van der Waals surface area contributed by atoms with E-state index in [1.807, 2.05) is 24.3 Å². The first-order chi connectivity index (χ1) is 16.6. The van der Waals surface area contributed by atoms with Crippen molar-refractivity contribution in [1.29, 1.82) is 0 Å². The number of hydrogen-bond donors (Lipinski definition) is 2. The zero-order valence-corrected chi connectivity index (χ0v) is 19.6. The molecule has 11 heteroatoms. The number of carbonyl (C=O) groups is 2. The molecule has 3 aromatic heterocycles. The Morgan fingerprint density at radius 2 is 2.06 bits per heavy atom. The van der Waals surface area contributed by atoms with Gasteiger partial charge in [0, 0.05) is 45.0 Å². The predicted octanol–water partition coefficient (Wildman–Crippen LogP) is 1.52. The van der Waals surface area contributed by atoms with Crippen molar-refractivity contribution in [3.8, 4) is 5.88 Å². The fourth-order valence-electron chi connectivity index (χ4n) is 4.05. The van der Waals surface area contributed by atoms with E-state index in [-0.39, 0.29) is 11.8 Å². The summed E-state index contributed by atoms with van der Waals surface area (Å²) < 4.78 is 5.25. The van der Waals surface area contributed by atoms with Gasteiger partial charge < -0.3 is 20.3 Å². The minimum atomic E-state index is -0.0198. The summed E-state index contributed by atoms with van der Waals surface area (Å²) in [6.45, 7) is 3.76. The molecule has 5 rings (SSSR count). The lowest BCUT2D eigenvalue weighted by atomic mass is 10.2. The Kier molecular flexibility index (Phi) is 6.57. The van der Waals surface area contributed by atoms with Crippen LogP contribution in [0.25, 0.3) is 11.0 Å². The average Bonchev–Trinajstić information content (AvgIpc) is 2.86. The lowest BCUT2D eigenvalue weighted by Gasteiger charge is -2.34. The molecule has 2 aliphatic rings. The third kappa shape index (κ3) is 4.81. The third-order valence-electron chi connectivity index (χ3n) is 5.78. The summed E-state index contributed by atoms with van der Waals surface area (Å²) in [6.07, 6.45) is 1.70. The highest BCUT2D eigenvalue weighted by molar-refractivity contribution is 8.00. The van der Waals surface area contributed by atoms with E-state index < -0.39 is 0 Å². The van der Waals surface area contributed by atoms with Crippen LogP contribution >= 0.6 is 11.8 Å². The lowest BCUT2D eigenvalue weighted by molar-refractivity contribution is -0.121. The first-order valence-corrected chi connectivity index (χ1v) is 12.0. The molecule has 0 aromatic carbocycles. The van der Waals surface area contributed by atoms with Gasteiger partial charge in [0.1, 0.15) is 11.3 Å². The summed E-state index contributed by atoms with van der Waals surface area (Å²) >= 11 is 1.50. The standard InChI is InChI=1S/C23H25N7O3S/c1-33-20-5-3-16-22(28-20)17(6-7-25-16)30-11-10-29(13-21(30)32)9-8-24-12-15-2-4-18-23(26-15)27-19(31)14-34-18/h2-7,24H,8-14H2,1H3,(H,26,27,31). The number of carbonyl (C=O) groups excluding carboxylic acids is 2. The van der Waals surface area contributed by atoms with Gasteiger partial charge in [-0.15, -0.1) is 11.8 Å². The highest BCUT2D eigenvalue weighted by Gasteiger charge is 2.26. The molecular formula is C23H25N7O3S. The molecule has 0 atom stereocenters. The Bertz CT molecular complexity index is 1240. The number of nitrogens with one attached hydrogen (secondary N) is 2. The normalized spacial score (nSPS) is 16.4. The molecule has 3 aromatic rings. The van der Waals surface area contributed by atoms with Crippen LogP contribution in [0.15, 0.2) is 41.4 Å². The van der Waals surface area contributed by atoms with Crippen molar-refractivity contribution < 1.29 is 14.3 Å². The number of fused-ring (bicyclic) bond motifs is 2. The molecule has 176 valence electrons. The van der Waals surface area contributed by atoms with Gasteiger partial charge in [-0.25, -0.2) is 9.97 Å². The number of aromatic nitrogens is 3. The summed E-state index contributed by atoms with van der Waals surface area (Å²) in [5, 5.41) is 6.20. The van der Waals surface area contributed by atoms with Crippen molar-refractivity contribution in [2.24, 2.45) is 0 Å². The van der Waals surface area contributed by atoms with Gasteiger partial charge in [0.25, 0.3) is 0 Å². The number of anilines is 2. The Hall–Kier alpha value is -3.28. The fourth-order valence-corrected chi connectivity index (χ4v) is 4.81. The second kappa shape index (κ2) is 9.92. The Balaban J connectivity index is 1.14. The van der Waals surface area contributed by atoms with E-state index >= 15 is 0 Å². The van der Waals surface area contributed by atoms with Crippen molar-refractivity contribution in [2.45, 2.75) is 11.4 Å². The van der Waals surface area contributed by atoms with Crippen LogP contribution in [0.2, 0.25) is 0 Å². The Labute approximate surface area is 201 Å². The van der Waals surface area contributed by atoms with Crippen molar-refractivity contribution in [3.63, 3.8) is 0 Å². The summed E-state index contributed by atoms with van der Waals surface area (Å²) in [5.74, 6) is 1.58. The van der Waals surface area contributed by atoms with Crippen LogP contribution in [-0.2, 0) is 16.1 Å². The molecule has 1 fully saturated rings. The van der Waals surface area contributed by atoms with Crippen LogP contribution in [0.5, 0.6) is 5.88 Å². The predicted molar refractivity (Wildman–Crippen MR) is 130 cm³/mol. The molecule has 34 heavy (non-hydrogen) atoms. The van der Waals surface area contributed by atoms with Gasteiger partial charge in [-0.1, -0.05) is 0 Å². The Morgan fingerprint density at radius 1 is 1.15 bits per heavy atom. The summed E-state index contributed by atoms with van der Waals surface area (Å²) in [7, 11) is 1.57. The molecule has 0 bridgehead atoms. The van der Waals surface area contributed by atoms with Crippen LogP contribution in [0, 0.1) is 0 Å². The van der Waals surface area contributed by atoms with Gasteiger partial charge in [-0.3, -0.25) is 19.5 Å². The van der Waals surface area contributed by atoms with Crippen molar-refractivity contribution in [2.75, 3.05) is 55.8 Å². The number of rotatable bonds is 7. The number of ether oxygens (including phenoxy) is 1. The third-order valence-corrected chi connectivity index (χ3v) is 6.83. The quantitative estimate of drug-likeness (QED) is 0.487. The molecule has 0 spiro atoms. The van der Waals surface area contributed by atoms with E-state index in [1.165, 1.54) is 11.8 Å². The van der Waals surface area contributed by atoms with Gasteiger partial charge in [-0.05, 0) is 24.3 Å². The van der Waals surface area contributed by atoms with E-state index in [4.69, 9.17) is 4.74 Å². The number of piperazine rings is 1. The van der Waals surface area contributed by atoms with Crippen LogP contribution in [0.3, 0.4) is 0 Å². The summed E-state index contributed by atoms with van der Waals surface area (Å²) in [4.78, 5) is 42.8. The number of nitrogens with zero attached hydrogens (tertiary/aromatic N) is 5. The maximum Gasteiger partial charge on any atom is 0.241 e. The number of pyridine rings is 3. The molecule has 0 saturated carbocycles. The highest BCUT2D eigenvalue weighted by atomic mass is 32.2. The summed E-state index contributed by atoms with van der Waals surface area (Å²) in [5.41, 5.74) is 3.02. The fraction of sp³-hybridized carbons (Fsp3) is 0.348. The maximum absolute atomic E-state index is 13.0. The van der Waals surface area contributed by atoms with Crippen molar-refractivity contribution in [3.05, 3.63) is 42.2 Å². The lowest BCUT2D eigenvalue weighted by Crippen LogP contribution is -2.51. The number of methoxy groups -OCH3 is 1. The van der Waals surface area contributed by atoms with Gasteiger partial charge in [0.2, 0.25) is 17.7 Å². The monoisotopic (exact) mass is 479 g/mol. The van der Waals surface area contributed by atoms with E-state index in [9.17, 15) is 9.59 Å². The Morgan fingerprint density at radius 3 is 2.91 bits per heavy atom. The smallest absolute Gasteiger partial charge is 0.241 e. The second-order valence-electron chi connectivity index (χ2n) is 8.04. The van der Waals surface area contributed by atoms with Gasteiger partial charge in [0.15, 0.2) is 0 Å². The van der Waals surface area contributed by atoms with Crippen LogP contribution in [0.1, 0.15) is 5.69 Å². The van der Waals surface area contributed by atoms with Crippen molar-refractivity contribution in [1.82, 2.24) is 25.2 Å². The number of thioether (sulfide) groups is 1. The minimum absolute atomic E-state index is 0.0198. The van der Waals surface area contributed by atoms with E-state index in [1.54, 1.807) is 24.3 Å². The average molecular weight is 480 g/mol. The first-order valence-electron chi connectivity index (χ1n) is 11.1. The molecule has 0 radical (unpaired) electrons. The zero-order chi connectivity index (χ0) is 23.5. The van der Waals surface area contributed by atoms with Gasteiger partial charge in [-0.2, -0.15) is 0 Å². The van der Waals surface area contributed by atoms with E-state index in [0.717, 1.165) is 41.4 Å². The minimum Gasteiger partial charge on any atom is -0.481 e. The van der Waals surface area contributed by atoms with E-state index in [0.29, 0.717) is 42.6 Å². The molecule has 0 aliphatic carbocycles. The molecule has 0 unspecified atom stereocenters. The van der Waals surface area contributed by atoms with Gasteiger partial charge in [0.05, 0.1) is 41.2 Å². The van der Waals surface area contributed by atoms with Gasteiger partial charge >= 0.3 is 0 Å². The van der Waals surface area contributed by atoms with Crippen LogP contribution in [0.4, 0.5) is 11.5 Å². The zero-order valence-electron chi connectivity index (χ0n) is 18.8. The molecule has 10 nitrogen and oxygen atoms in total. The van der Waals surface area contributed by atoms with Crippen molar-refractivity contribution >= 4 is 46.1 Å². The highest BCUT2D eigenvalue weighted by Crippen LogP contribution is 2.30. The van der Waals surface area contributed by atoms with Crippen LogP contribution < -0.4 is 20.3 Å². The SMILES string of the molecule is COc1ccc2nccc(N3CCN(CCNCc4ccc5c(n4)NC(=O)CS5)CC3=O)c2n1. The molecular weight excluding hydrogens is 454 g/mol. The van der Waals surface area contributed by atoms with E-state index in [2.05, 4.69) is 30.5 Å². The molecule has 2 N–H and O–H groups in total. The maximum atomic E-state index is 13.0. The number of amides is 2. The first kappa shape index (κ1) is 22.5. The molecule has 2 aliphatic heterocycles. The number of hydrogen-bond acceptors (Lipinski definition) is 9. The molecule has 1 saturated heterocycles.